The highest BCUT2D eigenvalue weighted by Crippen LogP contribution is 2.28. The SMILES string of the molecule is COc1ccc(-c2nc(C#N)c(NC[C@@H](c3ccc(N(C)C)cc3)N(C)C)o2)cc1. The van der Waals surface area contributed by atoms with Crippen molar-refractivity contribution in [2.24, 2.45) is 0 Å². The van der Waals surface area contributed by atoms with Gasteiger partial charge in [-0.1, -0.05) is 12.1 Å². The molecule has 1 atom stereocenters. The maximum atomic E-state index is 9.49. The average molecular weight is 406 g/mol. The van der Waals surface area contributed by atoms with Crippen LogP contribution in [0.15, 0.2) is 52.9 Å². The van der Waals surface area contributed by atoms with Crippen molar-refractivity contribution in [1.82, 2.24) is 9.88 Å². The molecule has 0 radical (unpaired) electrons. The second-order valence-corrected chi connectivity index (χ2v) is 7.38. The van der Waals surface area contributed by atoms with Crippen molar-refractivity contribution in [1.29, 1.82) is 5.26 Å². The molecular formula is C23H27N5O2. The summed E-state index contributed by atoms with van der Waals surface area (Å²) in [4.78, 5) is 8.53. The summed E-state index contributed by atoms with van der Waals surface area (Å²) in [5, 5.41) is 12.8. The van der Waals surface area contributed by atoms with Crippen molar-refractivity contribution in [2.45, 2.75) is 6.04 Å². The molecule has 0 aliphatic heterocycles. The molecule has 0 bridgehead atoms. The molecule has 0 aliphatic carbocycles. The monoisotopic (exact) mass is 405 g/mol. The lowest BCUT2D eigenvalue weighted by Crippen LogP contribution is -2.27. The fourth-order valence-electron chi connectivity index (χ4n) is 3.16. The van der Waals surface area contributed by atoms with Crippen molar-refractivity contribution in [3.05, 3.63) is 59.8 Å². The van der Waals surface area contributed by atoms with Gasteiger partial charge in [0.2, 0.25) is 17.5 Å². The van der Waals surface area contributed by atoms with Crippen LogP contribution in [-0.4, -0.2) is 51.7 Å². The zero-order chi connectivity index (χ0) is 21.7. The molecule has 1 aromatic heterocycles. The van der Waals surface area contributed by atoms with E-state index in [0.29, 0.717) is 18.3 Å². The van der Waals surface area contributed by atoms with Gasteiger partial charge in [-0.3, -0.25) is 0 Å². The number of hydrogen-bond acceptors (Lipinski definition) is 7. The third kappa shape index (κ3) is 4.73. The fraction of sp³-hybridized carbons (Fsp3) is 0.304. The number of benzene rings is 2. The number of nitrogens with zero attached hydrogens (tertiary/aromatic N) is 4. The molecule has 0 fully saturated rings. The highest BCUT2D eigenvalue weighted by Gasteiger charge is 2.19. The maximum absolute atomic E-state index is 9.49. The van der Waals surface area contributed by atoms with Gasteiger partial charge in [0.15, 0.2) is 0 Å². The van der Waals surface area contributed by atoms with E-state index in [1.165, 1.54) is 5.56 Å². The van der Waals surface area contributed by atoms with Crippen LogP contribution in [0.2, 0.25) is 0 Å². The van der Waals surface area contributed by atoms with E-state index in [0.717, 1.165) is 17.0 Å². The summed E-state index contributed by atoms with van der Waals surface area (Å²) in [6.45, 7) is 0.570. The summed E-state index contributed by atoms with van der Waals surface area (Å²) >= 11 is 0. The van der Waals surface area contributed by atoms with Gasteiger partial charge in [0.1, 0.15) is 11.8 Å². The molecule has 1 N–H and O–H groups in total. The Hall–Kier alpha value is -3.50. The molecule has 0 amide bonds. The number of rotatable bonds is 8. The molecule has 0 spiro atoms. The largest absolute Gasteiger partial charge is 0.497 e. The first-order chi connectivity index (χ1) is 14.4. The smallest absolute Gasteiger partial charge is 0.232 e. The maximum Gasteiger partial charge on any atom is 0.232 e. The van der Waals surface area contributed by atoms with Gasteiger partial charge in [-0.15, -0.1) is 0 Å². The normalized spacial score (nSPS) is 11.8. The molecule has 3 rings (SSSR count). The van der Waals surface area contributed by atoms with Crippen LogP contribution in [0.5, 0.6) is 5.75 Å². The molecule has 0 saturated carbocycles. The van der Waals surface area contributed by atoms with Crippen molar-refractivity contribution < 1.29 is 9.15 Å². The summed E-state index contributed by atoms with van der Waals surface area (Å²) < 4.78 is 11.1. The van der Waals surface area contributed by atoms with Gasteiger partial charge in [-0.2, -0.15) is 10.2 Å². The number of aromatic nitrogens is 1. The molecule has 3 aromatic rings. The van der Waals surface area contributed by atoms with E-state index in [1.807, 2.05) is 52.5 Å². The number of hydrogen-bond donors (Lipinski definition) is 1. The number of oxazole rings is 1. The minimum absolute atomic E-state index is 0.0993. The van der Waals surface area contributed by atoms with Crippen molar-refractivity contribution in [3.63, 3.8) is 0 Å². The number of nitrogens with one attached hydrogen (secondary N) is 1. The molecule has 0 unspecified atom stereocenters. The first-order valence-electron chi connectivity index (χ1n) is 9.66. The quantitative estimate of drug-likeness (QED) is 0.607. The number of likely N-dealkylation sites (N-methyl/N-ethyl adjacent to an activating group) is 1. The van der Waals surface area contributed by atoms with Crippen LogP contribution < -0.4 is 15.0 Å². The molecule has 0 aliphatic rings. The van der Waals surface area contributed by atoms with Crippen LogP contribution in [-0.2, 0) is 0 Å². The molecule has 7 nitrogen and oxygen atoms in total. The van der Waals surface area contributed by atoms with Crippen LogP contribution in [0.25, 0.3) is 11.5 Å². The third-order valence-corrected chi connectivity index (χ3v) is 4.94. The molecule has 2 aromatic carbocycles. The number of nitriles is 1. The zero-order valence-corrected chi connectivity index (χ0v) is 18.0. The van der Waals surface area contributed by atoms with Gasteiger partial charge in [-0.05, 0) is 56.1 Å². The third-order valence-electron chi connectivity index (χ3n) is 4.94. The molecule has 7 heteroatoms. The molecule has 1 heterocycles. The summed E-state index contributed by atoms with van der Waals surface area (Å²) in [5.41, 5.74) is 3.34. The van der Waals surface area contributed by atoms with Gasteiger partial charge in [0.25, 0.3) is 0 Å². The summed E-state index contributed by atoms with van der Waals surface area (Å²) in [7, 11) is 9.72. The van der Waals surface area contributed by atoms with Crippen LogP contribution >= 0.6 is 0 Å². The number of methoxy groups -OCH3 is 1. The minimum atomic E-state index is 0.0993. The van der Waals surface area contributed by atoms with E-state index in [-0.39, 0.29) is 11.7 Å². The van der Waals surface area contributed by atoms with Crippen molar-refractivity contribution in [2.75, 3.05) is 52.1 Å². The van der Waals surface area contributed by atoms with E-state index in [4.69, 9.17) is 9.15 Å². The highest BCUT2D eigenvalue weighted by molar-refractivity contribution is 5.59. The molecular weight excluding hydrogens is 378 g/mol. The van der Waals surface area contributed by atoms with E-state index >= 15 is 0 Å². The predicted molar refractivity (Wildman–Crippen MR) is 119 cm³/mol. The molecule has 156 valence electrons. The second-order valence-electron chi connectivity index (χ2n) is 7.38. The first-order valence-corrected chi connectivity index (χ1v) is 9.66. The van der Waals surface area contributed by atoms with Crippen LogP contribution in [0.4, 0.5) is 11.6 Å². The molecule has 0 saturated heterocycles. The average Bonchev–Trinajstić information content (AvgIpc) is 3.17. The van der Waals surface area contributed by atoms with Gasteiger partial charge in [-0.25, -0.2) is 0 Å². The van der Waals surface area contributed by atoms with Gasteiger partial charge in [0, 0.05) is 31.9 Å². The lowest BCUT2D eigenvalue weighted by molar-refractivity contribution is 0.310. The van der Waals surface area contributed by atoms with Crippen molar-refractivity contribution in [3.8, 4) is 23.3 Å². The lowest BCUT2D eigenvalue weighted by atomic mass is 10.1. The second kappa shape index (κ2) is 9.33. The predicted octanol–water partition coefficient (Wildman–Crippen LogP) is 4.00. The number of anilines is 2. The standard InChI is InChI=1S/C23H27N5O2/c1-27(2)18-10-6-16(7-11-18)21(28(3)4)15-25-23-20(14-24)26-22(30-23)17-8-12-19(29-5)13-9-17/h6-13,21,25H,15H2,1-5H3/t21-/m0/s1. The topological polar surface area (TPSA) is 77.6 Å². The van der Waals surface area contributed by atoms with Crippen LogP contribution in [0.1, 0.15) is 17.3 Å². The summed E-state index contributed by atoms with van der Waals surface area (Å²) in [5.74, 6) is 1.52. The lowest BCUT2D eigenvalue weighted by Gasteiger charge is -2.25. The number of ether oxygens (including phenoxy) is 1. The van der Waals surface area contributed by atoms with E-state index in [9.17, 15) is 5.26 Å². The fourth-order valence-corrected chi connectivity index (χ4v) is 3.16. The van der Waals surface area contributed by atoms with Crippen molar-refractivity contribution >= 4 is 11.6 Å². The Bertz CT molecular complexity index is 1000. The Morgan fingerprint density at radius 3 is 2.27 bits per heavy atom. The van der Waals surface area contributed by atoms with Gasteiger partial charge in [0.05, 0.1) is 13.2 Å². The summed E-state index contributed by atoms with van der Waals surface area (Å²) in [6, 6.07) is 18.0. The van der Waals surface area contributed by atoms with E-state index in [1.54, 1.807) is 7.11 Å². The Kier molecular flexibility index (Phi) is 6.60. The Morgan fingerprint density at radius 2 is 1.73 bits per heavy atom. The molecule has 30 heavy (non-hydrogen) atoms. The van der Waals surface area contributed by atoms with Crippen LogP contribution in [0.3, 0.4) is 0 Å². The van der Waals surface area contributed by atoms with Crippen LogP contribution in [0, 0.1) is 11.3 Å². The zero-order valence-electron chi connectivity index (χ0n) is 18.0. The minimum Gasteiger partial charge on any atom is -0.497 e. The highest BCUT2D eigenvalue weighted by atomic mass is 16.5. The Morgan fingerprint density at radius 1 is 1.07 bits per heavy atom. The van der Waals surface area contributed by atoms with Gasteiger partial charge < -0.3 is 24.3 Å². The van der Waals surface area contributed by atoms with E-state index < -0.39 is 0 Å². The first kappa shape index (κ1) is 21.2. The van der Waals surface area contributed by atoms with E-state index in [2.05, 4.69) is 50.4 Å². The van der Waals surface area contributed by atoms with Gasteiger partial charge >= 0.3 is 0 Å². The summed E-state index contributed by atoms with van der Waals surface area (Å²) in [6.07, 6.45) is 0. The Balaban J connectivity index is 1.78. The Labute approximate surface area is 177 Å².